The number of aryl methyl sites for hydroxylation is 1. The van der Waals surface area contributed by atoms with Crippen molar-refractivity contribution in [1.82, 2.24) is 0 Å². The van der Waals surface area contributed by atoms with Gasteiger partial charge in [0.1, 0.15) is 12.4 Å². The summed E-state index contributed by atoms with van der Waals surface area (Å²) in [4.78, 5) is 12.4. The number of carbonyl (C=O) groups is 1. The largest absolute Gasteiger partial charge is 0.489 e. The van der Waals surface area contributed by atoms with Gasteiger partial charge in [-0.25, -0.2) is 0 Å². The van der Waals surface area contributed by atoms with Crippen molar-refractivity contribution in [2.24, 2.45) is 0 Å². The maximum atomic E-state index is 12.4. The van der Waals surface area contributed by atoms with Crippen LogP contribution >= 0.6 is 15.9 Å². The number of ether oxygens (including phenoxy) is 1. The van der Waals surface area contributed by atoms with Crippen molar-refractivity contribution < 1.29 is 9.53 Å². The van der Waals surface area contributed by atoms with E-state index in [1.54, 1.807) is 12.1 Å². The second-order valence-corrected chi connectivity index (χ2v) is 6.59. The summed E-state index contributed by atoms with van der Waals surface area (Å²) in [6.45, 7) is 2.47. The molecule has 0 spiro atoms. The van der Waals surface area contributed by atoms with Crippen molar-refractivity contribution in [1.29, 1.82) is 0 Å². The van der Waals surface area contributed by atoms with Crippen molar-refractivity contribution in [2.45, 2.75) is 13.5 Å². The van der Waals surface area contributed by atoms with Crippen LogP contribution in [-0.4, -0.2) is 5.91 Å². The summed E-state index contributed by atoms with van der Waals surface area (Å²) >= 11 is 3.47. The van der Waals surface area contributed by atoms with Crippen LogP contribution in [-0.2, 0) is 6.61 Å². The Morgan fingerprint density at radius 2 is 1.72 bits per heavy atom. The van der Waals surface area contributed by atoms with Crippen LogP contribution in [0.4, 0.5) is 5.69 Å². The van der Waals surface area contributed by atoms with Crippen LogP contribution in [0.1, 0.15) is 21.5 Å². The molecule has 126 valence electrons. The van der Waals surface area contributed by atoms with E-state index in [4.69, 9.17) is 4.74 Å². The quantitative estimate of drug-likeness (QED) is 0.611. The van der Waals surface area contributed by atoms with Crippen LogP contribution < -0.4 is 10.1 Å². The van der Waals surface area contributed by atoms with Crippen LogP contribution in [0.3, 0.4) is 0 Å². The molecule has 0 aliphatic rings. The maximum absolute atomic E-state index is 12.4. The highest BCUT2D eigenvalue weighted by Gasteiger charge is 2.08. The molecule has 0 saturated carbocycles. The Kier molecular flexibility index (Phi) is 5.51. The highest BCUT2D eigenvalue weighted by atomic mass is 79.9. The lowest BCUT2D eigenvalue weighted by atomic mass is 10.1. The molecule has 0 unspecified atom stereocenters. The SMILES string of the molecule is Cc1ccc(NC(=O)c2ccc(COc3ccccc3)cc2)c(Br)c1. The first-order chi connectivity index (χ1) is 12.1. The third-order valence-corrected chi connectivity index (χ3v) is 4.39. The van der Waals surface area contributed by atoms with Gasteiger partial charge >= 0.3 is 0 Å². The normalized spacial score (nSPS) is 10.3. The molecule has 3 nitrogen and oxygen atoms in total. The van der Waals surface area contributed by atoms with Gasteiger partial charge in [0, 0.05) is 10.0 Å². The number of halogens is 1. The summed E-state index contributed by atoms with van der Waals surface area (Å²) in [6, 6.07) is 22.9. The predicted molar refractivity (Wildman–Crippen MR) is 104 cm³/mol. The van der Waals surface area contributed by atoms with E-state index < -0.39 is 0 Å². The summed E-state index contributed by atoms with van der Waals surface area (Å²) in [5, 5.41) is 2.91. The Morgan fingerprint density at radius 1 is 1.00 bits per heavy atom. The lowest BCUT2D eigenvalue weighted by Gasteiger charge is -2.09. The van der Waals surface area contributed by atoms with E-state index in [0.29, 0.717) is 12.2 Å². The van der Waals surface area contributed by atoms with E-state index in [1.165, 1.54) is 0 Å². The summed E-state index contributed by atoms with van der Waals surface area (Å²) in [6.07, 6.45) is 0. The molecule has 0 aromatic heterocycles. The molecule has 25 heavy (non-hydrogen) atoms. The molecule has 3 aromatic rings. The lowest BCUT2D eigenvalue weighted by molar-refractivity contribution is 0.102. The molecule has 0 radical (unpaired) electrons. The Morgan fingerprint density at radius 3 is 2.40 bits per heavy atom. The zero-order valence-electron chi connectivity index (χ0n) is 13.8. The van der Waals surface area contributed by atoms with Crippen molar-refractivity contribution in [3.8, 4) is 5.75 Å². The number of nitrogens with one attached hydrogen (secondary N) is 1. The zero-order chi connectivity index (χ0) is 17.6. The fraction of sp³-hybridized carbons (Fsp3) is 0.0952. The molecule has 0 saturated heterocycles. The van der Waals surface area contributed by atoms with Crippen LogP contribution in [0.2, 0.25) is 0 Å². The Labute approximate surface area is 155 Å². The average molecular weight is 396 g/mol. The molecule has 0 aliphatic carbocycles. The van der Waals surface area contributed by atoms with Gasteiger partial charge < -0.3 is 10.1 Å². The molecule has 0 bridgehead atoms. The van der Waals surface area contributed by atoms with Crippen molar-refractivity contribution in [3.63, 3.8) is 0 Å². The second-order valence-electron chi connectivity index (χ2n) is 5.74. The van der Waals surface area contributed by atoms with E-state index in [9.17, 15) is 4.79 Å². The van der Waals surface area contributed by atoms with E-state index in [-0.39, 0.29) is 5.91 Å². The third kappa shape index (κ3) is 4.70. The molecular weight excluding hydrogens is 378 g/mol. The molecule has 3 rings (SSSR count). The number of hydrogen-bond donors (Lipinski definition) is 1. The van der Waals surface area contributed by atoms with Crippen molar-refractivity contribution in [3.05, 3.63) is 94.0 Å². The van der Waals surface area contributed by atoms with Crippen LogP contribution in [0.15, 0.2) is 77.3 Å². The average Bonchev–Trinajstić information content (AvgIpc) is 2.63. The molecule has 0 fully saturated rings. The van der Waals surface area contributed by atoms with E-state index >= 15 is 0 Å². The number of para-hydroxylation sites is 1. The fourth-order valence-corrected chi connectivity index (χ4v) is 2.94. The molecule has 3 aromatic carbocycles. The summed E-state index contributed by atoms with van der Waals surface area (Å²) in [5.41, 5.74) is 3.51. The first-order valence-electron chi connectivity index (χ1n) is 7.96. The highest BCUT2D eigenvalue weighted by Crippen LogP contribution is 2.24. The van der Waals surface area contributed by atoms with Gasteiger partial charge in [-0.1, -0.05) is 36.4 Å². The predicted octanol–water partition coefficient (Wildman–Crippen LogP) is 5.59. The van der Waals surface area contributed by atoms with E-state index in [0.717, 1.165) is 27.0 Å². The molecule has 0 aliphatic heterocycles. The first-order valence-corrected chi connectivity index (χ1v) is 8.75. The van der Waals surface area contributed by atoms with Crippen molar-refractivity contribution in [2.75, 3.05) is 5.32 Å². The highest BCUT2D eigenvalue weighted by molar-refractivity contribution is 9.10. The minimum atomic E-state index is -0.139. The molecular formula is C21H18BrNO2. The molecule has 1 N–H and O–H groups in total. The van der Waals surface area contributed by atoms with Gasteiger partial charge in [-0.15, -0.1) is 0 Å². The lowest BCUT2D eigenvalue weighted by Crippen LogP contribution is -2.12. The third-order valence-electron chi connectivity index (χ3n) is 3.74. The Balaban J connectivity index is 1.62. The number of rotatable bonds is 5. The number of amides is 1. The summed E-state index contributed by atoms with van der Waals surface area (Å²) in [5.74, 6) is 0.689. The van der Waals surface area contributed by atoms with Gasteiger partial charge in [0.2, 0.25) is 0 Å². The minimum absolute atomic E-state index is 0.139. The van der Waals surface area contributed by atoms with Crippen molar-refractivity contribution >= 4 is 27.5 Å². The molecule has 1 amide bonds. The number of hydrogen-bond acceptors (Lipinski definition) is 2. The van der Waals surface area contributed by atoms with Crippen LogP contribution in [0, 0.1) is 6.92 Å². The van der Waals surface area contributed by atoms with Crippen LogP contribution in [0.5, 0.6) is 5.75 Å². The monoisotopic (exact) mass is 395 g/mol. The Bertz CT molecular complexity index is 861. The second kappa shape index (κ2) is 7.99. The number of anilines is 1. The molecule has 4 heteroatoms. The fourth-order valence-electron chi connectivity index (χ4n) is 2.35. The Hall–Kier alpha value is -2.59. The molecule has 0 atom stereocenters. The van der Waals surface area contributed by atoms with Gasteiger partial charge in [0.05, 0.1) is 5.69 Å². The van der Waals surface area contributed by atoms with Gasteiger partial charge in [0.25, 0.3) is 5.91 Å². The van der Waals surface area contributed by atoms with E-state index in [1.807, 2.05) is 67.6 Å². The first kappa shape index (κ1) is 17.2. The standard InChI is InChI=1S/C21H18BrNO2/c1-15-7-12-20(19(22)13-15)23-21(24)17-10-8-16(9-11-17)14-25-18-5-3-2-4-6-18/h2-13H,14H2,1H3,(H,23,24). The minimum Gasteiger partial charge on any atom is -0.489 e. The van der Waals surface area contributed by atoms with Crippen LogP contribution in [0.25, 0.3) is 0 Å². The summed E-state index contributed by atoms with van der Waals surface area (Å²) in [7, 11) is 0. The van der Waals surface area contributed by atoms with Gasteiger partial charge in [-0.3, -0.25) is 4.79 Å². The van der Waals surface area contributed by atoms with Gasteiger partial charge in [0.15, 0.2) is 0 Å². The zero-order valence-corrected chi connectivity index (χ0v) is 15.4. The van der Waals surface area contributed by atoms with Gasteiger partial charge in [-0.2, -0.15) is 0 Å². The topological polar surface area (TPSA) is 38.3 Å². The number of carbonyl (C=O) groups excluding carboxylic acids is 1. The van der Waals surface area contributed by atoms with Gasteiger partial charge in [-0.05, 0) is 70.4 Å². The smallest absolute Gasteiger partial charge is 0.255 e. The maximum Gasteiger partial charge on any atom is 0.255 e. The summed E-state index contributed by atoms with van der Waals surface area (Å²) < 4.78 is 6.58. The van der Waals surface area contributed by atoms with E-state index in [2.05, 4.69) is 21.2 Å². The number of benzene rings is 3. The molecule has 0 heterocycles.